The van der Waals surface area contributed by atoms with Crippen LogP contribution in [0.5, 0.6) is 0 Å². The van der Waals surface area contributed by atoms with E-state index in [1.54, 1.807) is 4.57 Å². The Bertz CT molecular complexity index is 480. The van der Waals surface area contributed by atoms with Gasteiger partial charge in [0.05, 0.1) is 0 Å². The van der Waals surface area contributed by atoms with Crippen LogP contribution in [0, 0.1) is 6.92 Å². The summed E-state index contributed by atoms with van der Waals surface area (Å²) >= 11 is 1.19. The van der Waals surface area contributed by atoms with Crippen LogP contribution in [-0.4, -0.2) is 41.1 Å². The van der Waals surface area contributed by atoms with E-state index in [-0.39, 0.29) is 16.8 Å². The van der Waals surface area contributed by atoms with Crippen LogP contribution in [0.4, 0.5) is 0 Å². The fraction of sp³-hybridized carbons (Fsp3) is 0.667. The molecule has 5 nitrogen and oxygen atoms in total. The molecule has 1 aliphatic rings. The molecular weight excluding hydrogens is 250 g/mol. The summed E-state index contributed by atoms with van der Waals surface area (Å²) in [7, 11) is 0. The van der Waals surface area contributed by atoms with Crippen molar-refractivity contribution in [2.24, 2.45) is 0 Å². The molecule has 1 amide bonds. The van der Waals surface area contributed by atoms with Crippen molar-refractivity contribution in [1.29, 1.82) is 0 Å². The van der Waals surface area contributed by atoms with Crippen LogP contribution in [0.3, 0.4) is 0 Å². The maximum Gasteiger partial charge on any atom is 0.307 e. The number of carbonyl (C=O) groups is 1. The maximum atomic E-state index is 12.1. The van der Waals surface area contributed by atoms with Gasteiger partial charge < -0.3 is 14.8 Å². The Morgan fingerprint density at radius 1 is 1.61 bits per heavy atom. The van der Waals surface area contributed by atoms with E-state index < -0.39 is 0 Å². The van der Waals surface area contributed by atoms with Gasteiger partial charge in [-0.25, -0.2) is 0 Å². The fourth-order valence-corrected chi connectivity index (χ4v) is 3.00. The predicted molar refractivity (Wildman–Crippen MR) is 72.0 cm³/mol. The average Bonchev–Trinajstić information content (AvgIpc) is 2.67. The smallest absolute Gasteiger partial charge is 0.307 e. The predicted octanol–water partition coefficient (Wildman–Crippen LogP) is 0.429. The summed E-state index contributed by atoms with van der Waals surface area (Å²) < 4.78 is 1.68. The van der Waals surface area contributed by atoms with E-state index in [0.717, 1.165) is 25.3 Å². The van der Waals surface area contributed by atoms with Gasteiger partial charge in [0.2, 0.25) is 5.91 Å². The minimum atomic E-state index is 0.0219. The molecule has 0 saturated carbocycles. The van der Waals surface area contributed by atoms with Gasteiger partial charge in [-0.15, -0.1) is 0 Å². The van der Waals surface area contributed by atoms with E-state index in [2.05, 4.69) is 5.32 Å². The molecule has 1 N–H and O–H groups in total. The molecule has 0 aliphatic carbocycles. The van der Waals surface area contributed by atoms with Crippen molar-refractivity contribution in [2.45, 2.75) is 32.9 Å². The summed E-state index contributed by atoms with van der Waals surface area (Å²) in [5, 5.41) is 5.09. The number of piperazine rings is 1. The lowest BCUT2D eigenvalue weighted by Crippen LogP contribution is -2.52. The lowest BCUT2D eigenvalue weighted by Gasteiger charge is -2.34. The fourth-order valence-electron chi connectivity index (χ4n) is 2.24. The van der Waals surface area contributed by atoms with Crippen LogP contribution in [0.25, 0.3) is 0 Å². The van der Waals surface area contributed by atoms with E-state index in [1.165, 1.54) is 11.3 Å². The molecule has 1 atom stereocenters. The third kappa shape index (κ3) is 2.81. The number of hydrogen-bond acceptors (Lipinski definition) is 4. The first-order chi connectivity index (χ1) is 8.59. The van der Waals surface area contributed by atoms with Gasteiger partial charge in [0.1, 0.15) is 0 Å². The van der Waals surface area contributed by atoms with Crippen LogP contribution in [-0.2, 0) is 11.3 Å². The largest absolute Gasteiger partial charge is 0.337 e. The Labute approximate surface area is 110 Å². The van der Waals surface area contributed by atoms with Crippen molar-refractivity contribution >= 4 is 17.2 Å². The Morgan fingerprint density at radius 2 is 2.39 bits per heavy atom. The number of rotatable bonds is 3. The van der Waals surface area contributed by atoms with Crippen LogP contribution >= 0.6 is 11.3 Å². The number of thiazole rings is 1. The van der Waals surface area contributed by atoms with Crippen LogP contribution in [0.15, 0.2) is 10.2 Å². The Balaban J connectivity index is 1.94. The van der Waals surface area contributed by atoms with Crippen molar-refractivity contribution < 1.29 is 4.79 Å². The van der Waals surface area contributed by atoms with E-state index in [1.807, 2.05) is 24.1 Å². The molecule has 0 aromatic carbocycles. The van der Waals surface area contributed by atoms with Gasteiger partial charge >= 0.3 is 4.87 Å². The second-order valence-corrected chi connectivity index (χ2v) is 5.51. The van der Waals surface area contributed by atoms with Gasteiger partial charge in [0, 0.05) is 49.7 Å². The molecule has 18 heavy (non-hydrogen) atoms. The molecular formula is C12H19N3O2S. The molecule has 1 saturated heterocycles. The summed E-state index contributed by atoms with van der Waals surface area (Å²) in [5.41, 5.74) is 0.936. The molecule has 0 bridgehead atoms. The zero-order chi connectivity index (χ0) is 13.1. The van der Waals surface area contributed by atoms with Gasteiger partial charge in [0.25, 0.3) is 0 Å². The highest BCUT2D eigenvalue weighted by molar-refractivity contribution is 7.07. The number of aromatic nitrogens is 1. The van der Waals surface area contributed by atoms with E-state index in [9.17, 15) is 9.59 Å². The minimum absolute atomic E-state index is 0.0219. The maximum absolute atomic E-state index is 12.1. The number of nitrogens with zero attached hydrogens (tertiary/aromatic N) is 2. The van der Waals surface area contributed by atoms with Crippen molar-refractivity contribution in [2.75, 3.05) is 19.6 Å². The summed E-state index contributed by atoms with van der Waals surface area (Å²) in [6.45, 7) is 6.90. The third-order valence-electron chi connectivity index (χ3n) is 3.35. The van der Waals surface area contributed by atoms with Crippen molar-refractivity contribution in [1.82, 2.24) is 14.8 Å². The number of aryl methyl sites for hydroxylation is 1. The standard InChI is InChI=1S/C12H19N3O2S/c1-9-7-13-4-6-14(9)11(16)3-5-15-10(2)8-18-12(15)17/h8-9,13H,3-7H2,1-2H3/t9-/m0/s1. The first kappa shape index (κ1) is 13.3. The van der Waals surface area contributed by atoms with Crippen molar-refractivity contribution in [3.8, 4) is 0 Å². The van der Waals surface area contributed by atoms with E-state index >= 15 is 0 Å². The molecule has 1 aliphatic heterocycles. The summed E-state index contributed by atoms with van der Waals surface area (Å²) in [4.78, 5) is 25.6. The first-order valence-corrected chi connectivity index (χ1v) is 7.12. The van der Waals surface area contributed by atoms with Gasteiger partial charge in [0.15, 0.2) is 0 Å². The van der Waals surface area contributed by atoms with Gasteiger partial charge in [-0.3, -0.25) is 9.59 Å². The first-order valence-electron chi connectivity index (χ1n) is 6.24. The second kappa shape index (κ2) is 5.67. The van der Waals surface area contributed by atoms with Gasteiger partial charge in [-0.1, -0.05) is 11.3 Å². The van der Waals surface area contributed by atoms with Crippen LogP contribution in [0.1, 0.15) is 19.0 Å². The summed E-state index contributed by atoms with van der Waals surface area (Å²) in [6, 6.07) is 0.242. The minimum Gasteiger partial charge on any atom is -0.337 e. The zero-order valence-corrected chi connectivity index (χ0v) is 11.6. The molecule has 0 radical (unpaired) electrons. The quantitative estimate of drug-likeness (QED) is 0.866. The molecule has 2 heterocycles. The van der Waals surface area contributed by atoms with Crippen molar-refractivity contribution in [3.63, 3.8) is 0 Å². The summed E-state index contributed by atoms with van der Waals surface area (Å²) in [5.74, 6) is 0.140. The van der Waals surface area contributed by atoms with E-state index in [0.29, 0.717) is 13.0 Å². The number of carbonyl (C=O) groups excluding carboxylic acids is 1. The van der Waals surface area contributed by atoms with Crippen molar-refractivity contribution in [3.05, 3.63) is 20.7 Å². The molecule has 1 aromatic rings. The molecule has 1 fully saturated rings. The molecule has 100 valence electrons. The lowest BCUT2D eigenvalue weighted by atomic mass is 10.2. The highest BCUT2D eigenvalue weighted by Crippen LogP contribution is 2.07. The Kier molecular flexibility index (Phi) is 4.19. The monoisotopic (exact) mass is 269 g/mol. The van der Waals surface area contributed by atoms with Gasteiger partial charge in [-0.05, 0) is 13.8 Å². The zero-order valence-electron chi connectivity index (χ0n) is 10.8. The molecule has 1 aromatic heterocycles. The lowest BCUT2D eigenvalue weighted by molar-refractivity contribution is -0.134. The van der Waals surface area contributed by atoms with Crippen LogP contribution < -0.4 is 10.2 Å². The average molecular weight is 269 g/mol. The Hall–Kier alpha value is -1.14. The Morgan fingerprint density at radius 3 is 3.00 bits per heavy atom. The highest BCUT2D eigenvalue weighted by atomic mass is 32.1. The second-order valence-electron chi connectivity index (χ2n) is 4.68. The third-order valence-corrected chi connectivity index (χ3v) is 4.23. The normalized spacial score (nSPS) is 20.1. The molecule has 2 rings (SSSR count). The molecule has 0 spiro atoms. The number of nitrogens with one attached hydrogen (secondary N) is 1. The molecule has 6 heteroatoms. The topological polar surface area (TPSA) is 54.3 Å². The van der Waals surface area contributed by atoms with Gasteiger partial charge in [-0.2, -0.15) is 0 Å². The van der Waals surface area contributed by atoms with Crippen LogP contribution in [0.2, 0.25) is 0 Å². The number of amides is 1. The van der Waals surface area contributed by atoms with E-state index in [4.69, 9.17) is 0 Å². The SMILES string of the molecule is Cc1csc(=O)n1CCC(=O)N1CCNC[C@@H]1C. The summed E-state index contributed by atoms with van der Waals surface area (Å²) in [6.07, 6.45) is 0.405. The molecule has 0 unspecified atom stereocenters. The number of hydrogen-bond donors (Lipinski definition) is 1. The highest BCUT2D eigenvalue weighted by Gasteiger charge is 2.22.